The minimum absolute atomic E-state index is 0.876. The second-order valence-electron chi connectivity index (χ2n) is 2.56. The van der Waals surface area contributed by atoms with Crippen molar-refractivity contribution in [1.29, 1.82) is 0 Å². The Labute approximate surface area is 104 Å². The van der Waals surface area contributed by atoms with Crippen LogP contribution in [0.3, 0.4) is 0 Å². The molecule has 0 fully saturated rings. The van der Waals surface area contributed by atoms with Gasteiger partial charge in [-0.1, -0.05) is 11.6 Å². The molecule has 0 radical (unpaired) electrons. The summed E-state index contributed by atoms with van der Waals surface area (Å²) in [6.45, 7) is 0. The lowest BCUT2D eigenvalue weighted by Gasteiger charge is -2.00. The average molecular weight is 341 g/mol. The van der Waals surface area contributed by atoms with E-state index >= 15 is 0 Å². The molecule has 0 amide bonds. The van der Waals surface area contributed by atoms with Gasteiger partial charge in [-0.2, -0.15) is 0 Å². The van der Waals surface area contributed by atoms with Crippen molar-refractivity contribution in [2.24, 2.45) is 0 Å². The largest absolute Gasteiger partial charge is 0.142 e. The molecule has 1 heterocycles. The molecule has 0 nitrogen and oxygen atoms in total. The summed E-state index contributed by atoms with van der Waals surface area (Å²) in [7, 11) is 0. The van der Waals surface area contributed by atoms with E-state index in [-0.39, 0.29) is 0 Å². The highest BCUT2D eigenvalue weighted by molar-refractivity contribution is 14.1. The topological polar surface area (TPSA) is 0 Å². The maximum Gasteiger partial charge on any atom is 0.0602 e. The molecular formula is C9H6ClIS2. The van der Waals surface area contributed by atoms with Gasteiger partial charge in [0, 0.05) is 23.9 Å². The van der Waals surface area contributed by atoms with Crippen molar-refractivity contribution in [2.45, 2.75) is 4.90 Å². The SMILES string of the molecule is CSc1cc(I)cc2scc(Cl)c12. The van der Waals surface area contributed by atoms with E-state index in [1.165, 1.54) is 18.6 Å². The van der Waals surface area contributed by atoms with Crippen molar-refractivity contribution < 1.29 is 0 Å². The molecule has 2 rings (SSSR count). The highest BCUT2D eigenvalue weighted by Crippen LogP contribution is 2.37. The summed E-state index contributed by atoms with van der Waals surface area (Å²) in [6.07, 6.45) is 2.08. The highest BCUT2D eigenvalue weighted by Gasteiger charge is 2.07. The van der Waals surface area contributed by atoms with Crippen LogP contribution in [-0.4, -0.2) is 6.26 Å². The molecule has 0 atom stereocenters. The van der Waals surface area contributed by atoms with Gasteiger partial charge in [0.25, 0.3) is 0 Å². The quantitative estimate of drug-likeness (QED) is 0.526. The van der Waals surface area contributed by atoms with Crippen LogP contribution in [0.1, 0.15) is 0 Å². The first-order valence-electron chi connectivity index (χ1n) is 3.62. The van der Waals surface area contributed by atoms with Gasteiger partial charge < -0.3 is 0 Å². The summed E-state index contributed by atoms with van der Waals surface area (Å²) in [5.41, 5.74) is 0. The van der Waals surface area contributed by atoms with Crippen molar-refractivity contribution in [2.75, 3.05) is 6.26 Å². The lowest BCUT2D eigenvalue weighted by atomic mass is 10.3. The van der Waals surface area contributed by atoms with Crippen LogP contribution in [0.25, 0.3) is 10.1 Å². The second kappa shape index (κ2) is 3.96. The van der Waals surface area contributed by atoms with E-state index in [0.29, 0.717) is 0 Å². The Bertz CT molecular complexity index is 450. The lowest BCUT2D eigenvalue weighted by Crippen LogP contribution is -1.75. The van der Waals surface area contributed by atoms with E-state index in [2.05, 4.69) is 41.0 Å². The smallest absolute Gasteiger partial charge is 0.0602 e. The van der Waals surface area contributed by atoms with Gasteiger partial charge in [-0.3, -0.25) is 0 Å². The predicted octanol–water partition coefficient (Wildman–Crippen LogP) is 4.88. The maximum atomic E-state index is 6.10. The Hall–Kier alpha value is 0.550. The Morgan fingerprint density at radius 2 is 2.23 bits per heavy atom. The Kier molecular flexibility index (Phi) is 3.07. The molecule has 0 aliphatic heterocycles. The minimum Gasteiger partial charge on any atom is -0.142 e. The van der Waals surface area contributed by atoms with Crippen LogP contribution in [0.4, 0.5) is 0 Å². The first-order chi connectivity index (χ1) is 6.22. The molecule has 0 spiro atoms. The van der Waals surface area contributed by atoms with Crippen LogP contribution in [0.2, 0.25) is 5.02 Å². The molecule has 1 aromatic heterocycles. The Morgan fingerprint density at radius 3 is 2.92 bits per heavy atom. The number of halogens is 2. The van der Waals surface area contributed by atoms with Crippen molar-refractivity contribution in [3.63, 3.8) is 0 Å². The number of hydrogen-bond acceptors (Lipinski definition) is 2. The summed E-state index contributed by atoms with van der Waals surface area (Å²) < 4.78 is 2.55. The van der Waals surface area contributed by atoms with Gasteiger partial charge in [0.15, 0.2) is 0 Å². The van der Waals surface area contributed by atoms with Crippen LogP contribution >= 0.6 is 57.3 Å². The van der Waals surface area contributed by atoms with E-state index < -0.39 is 0 Å². The van der Waals surface area contributed by atoms with Gasteiger partial charge in [-0.05, 0) is 41.0 Å². The standard InChI is InChI=1S/C9H6ClIS2/c1-12-7-2-5(11)3-8-9(7)6(10)4-13-8/h2-4H,1H3. The van der Waals surface area contributed by atoms with E-state index in [9.17, 15) is 0 Å². The van der Waals surface area contributed by atoms with Crippen molar-refractivity contribution >= 4 is 67.4 Å². The summed E-state index contributed by atoms with van der Waals surface area (Å²) in [6, 6.07) is 4.35. The van der Waals surface area contributed by atoms with Crippen LogP contribution in [0, 0.1) is 3.57 Å². The number of hydrogen-bond donors (Lipinski definition) is 0. The van der Waals surface area contributed by atoms with E-state index in [1.54, 1.807) is 23.1 Å². The zero-order valence-electron chi connectivity index (χ0n) is 6.80. The summed E-state index contributed by atoms with van der Waals surface area (Å²) in [4.78, 5) is 1.27. The van der Waals surface area contributed by atoms with Gasteiger partial charge in [-0.15, -0.1) is 23.1 Å². The Balaban J connectivity index is 2.85. The molecule has 0 saturated carbocycles. The first kappa shape index (κ1) is 10.1. The number of thioether (sulfide) groups is 1. The van der Waals surface area contributed by atoms with E-state index in [0.717, 1.165) is 5.02 Å². The fourth-order valence-corrected chi connectivity index (χ4v) is 4.33. The fraction of sp³-hybridized carbons (Fsp3) is 0.111. The average Bonchev–Trinajstić information content (AvgIpc) is 2.46. The normalized spacial score (nSPS) is 11.0. The zero-order chi connectivity index (χ0) is 9.42. The third-order valence-electron chi connectivity index (χ3n) is 1.78. The minimum atomic E-state index is 0.876. The van der Waals surface area contributed by atoms with Gasteiger partial charge >= 0.3 is 0 Å². The van der Waals surface area contributed by atoms with Gasteiger partial charge in [0.2, 0.25) is 0 Å². The molecule has 4 heteroatoms. The molecule has 0 aliphatic carbocycles. The predicted molar refractivity (Wildman–Crippen MR) is 71.3 cm³/mol. The van der Waals surface area contributed by atoms with Crippen molar-refractivity contribution in [1.82, 2.24) is 0 Å². The highest BCUT2D eigenvalue weighted by atomic mass is 127. The van der Waals surface area contributed by atoms with Crippen LogP contribution in [0.5, 0.6) is 0 Å². The molecule has 1 aromatic carbocycles. The molecule has 0 bridgehead atoms. The number of benzene rings is 1. The third kappa shape index (κ3) is 1.84. The van der Waals surface area contributed by atoms with Crippen LogP contribution in [-0.2, 0) is 0 Å². The molecule has 0 aliphatic rings. The third-order valence-corrected chi connectivity index (χ3v) is 4.52. The Morgan fingerprint density at radius 1 is 1.46 bits per heavy atom. The van der Waals surface area contributed by atoms with Crippen molar-refractivity contribution in [3.05, 3.63) is 26.1 Å². The molecule has 0 unspecified atom stereocenters. The first-order valence-corrected chi connectivity index (χ1v) is 7.18. The second-order valence-corrected chi connectivity index (χ2v) is 5.98. The molecule has 2 aromatic rings. The van der Waals surface area contributed by atoms with Crippen molar-refractivity contribution in [3.8, 4) is 0 Å². The van der Waals surface area contributed by atoms with E-state index in [4.69, 9.17) is 11.6 Å². The van der Waals surface area contributed by atoms with Crippen LogP contribution in [0.15, 0.2) is 22.4 Å². The van der Waals surface area contributed by atoms with E-state index in [1.807, 2.05) is 5.38 Å². The summed E-state index contributed by atoms with van der Waals surface area (Å²) in [5.74, 6) is 0. The number of thiophene rings is 1. The molecule has 0 saturated heterocycles. The van der Waals surface area contributed by atoms with Gasteiger partial charge in [0.1, 0.15) is 0 Å². The lowest BCUT2D eigenvalue weighted by molar-refractivity contribution is 1.54. The number of rotatable bonds is 1. The molecule has 13 heavy (non-hydrogen) atoms. The zero-order valence-corrected chi connectivity index (χ0v) is 11.4. The summed E-state index contributed by atoms with van der Waals surface area (Å²) >= 11 is 11.9. The molecule has 68 valence electrons. The maximum absolute atomic E-state index is 6.10. The monoisotopic (exact) mass is 340 g/mol. The van der Waals surface area contributed by atoms with Gasteiger partial charge in [-0.25, -0.2) is 0 Å². The molecule has 0 N–H and O–H groups in total. The van der Waals surface area contributed by atoms with Crippen LogP contribution < -0.4 is 0 Å². The van der Waals surface area contributed by atoms with Gasteiger partial charge in [0.05, 0.1) is 5.02 Å². The fourth-order valence-electron chi connectivity index (χ4n) is 1.22. The summed E-state index contributed by atoms with van der Waals surface area (Å²) in [5, 5.41) is 4.09. The number of fused-ring (bicyclic) bond motifs is 1. The molecular weight excluding hydrogens is 335 g/mol.